The van der Waals surface area contributed by atoms with Crippen molar-refractivity contribution in [3.63, 3.8) is 0 Å². The van der Waals surface area contributed by atoms with Gasteiger partial charge in [0.15, 0.2) is 0 Å². The van der Waals surface area contributed by atoms with Crippen LogP contribution in [0.1, 0.15) is 0 Å². The van der Waals surface area contributed by atoms with E-state index in [0.29, 0.717) is 0 Å². The van der Waals surface area contributed by atoms with Gasteiger partial charge in [0.2, 0.25) is 0 Å². The predicted molar refractivity (Wildman–Crippen MR) is 225 cm³/mol. The molecular weight excluding hydrogens is 647 g/mol. The third-order valence-corrected chi connectivity index (χ3v) is 11.5. The number of benzene rings is 9. The Labute approximate surface area is 307 Å². The van der Waals surface area contributed by atoms with Crippen LogP contribution in [-0.4, -0.2) is 0 Å². The standard InChI is InChI=1S/C50H33NS/c1-3-13-34(14-4-1)46-33-38(42-21-11-16-37-26-25-35-15-7-8-19-41(35)49(37)42)29-32-47(46)51(39-17-5-2-6-18-39)40-30-27-36(28-31-40)43-22-12-23-45-44-20-9-10-24-48(44)52-50(43)45/h1-33H. The summed E-state index contributed by atoms with van der Waals surface area (Å²) in [6.07, 6.45) is 0. The van der Waals surface area contributed by atoms with Gasteiger partial charge >= 0.3 is 0 Å². The van der Waals surface area contributed by atoms with Crippen molar-refractivity contribution in [3.8, 4) is 33.4 Å². The van der Waals surface area contributed by atoms with E-state index in [4.69, 9.17) is 0 Å². The number of rotatable bonds is 6. The first-order valence-electron chi connectivity index (χ1n) is 17.8. The van der Waals surface area contributed by atoms with Crippen molar-refractivity contribution >= 4 is 70.1 Å². The molecule has 0 aliphatic heterocycles. The third-order valence-electron chi connectivity index (χ3n) is 10.3. The minimum atomic E-state index is 1.11. The first-order valence-corrected chi connectivity index (χ1v) is 18.6. The zero-order chi connectivity index (χ0) is 34.4. The SMILES string of the molecule is c1ccc(-c2cc(-c3cccc4ccc5ccccc5c34)ccc2N(c2ccccc2)c2ccc(-c3cccc4c3sc3ccccc34)cc2)cc1. The maximum absolute atomic E-state index is 2.40. The lowest BCUT2D eigenvalue weighted by Gasteiger charge is -2.28. The molecule has 10 aromatic rings. The molecule has 0 radical (unpaired) electrons. The Morgan fingerprint density at radius 2 is 0.942 bits per heavy atom. The Hall–Kier alpha value is -6.48. The van der Waals surface area contributed by atoms with Gasteiger partial charge in [-0.1, -0.05) is 158 Å². The van der Waals surface area contributed by atoms with E-state index in [2.05, 4.69) is 205 Å². The summed E-state index contributed by atoms with van der Waals surface area (Å²) >= 11 is 1.88. The van der Waals surface area contributed by atoms with Crippen molar-refractivity contribution in [1.82, 2.24) is 0 Å². The summed E-state index contributed by atoms with van der Waals surface area (Å²) in [6, 6.07) is 72.9. The second-order valence-corrected chi connectivity index (χ2v) is 14.3. The highest BCUT2D eigenvalue weighted by molar-refractivity contribution is 7.26. The second kappa shape index (κ2) is 12.7. The van der Waals surface area contributed by atoms with Crippen LogP contribution in [0.4, 0.5) is 17.1 Å². The zero-order valence-corrected chi connectivity index (χ0v) is 29.2. The summed E-state index contributed by atoms with van der Waals surface area (Å²) in [5, 5.41) is 7.71. The van der Waals surface area contributed by atoms with E-state index in [1.165, 1.54) is 75.1 Å². The number of hydrogen-bond donors (Lipinski definition) is 0. The number of fused-ring (bicyclic) bond motifs is 6. The van der Waals surface area contributed by atoms with Gasteiger partial charge in [0.1, 0.15) is 0 Å². The summed E-state index contributed by atoms with van der Waals surface area (Å²) in [4.78, 5) is 2.40. The highest BCUT2D eigenvalue weighted by Gasteiger charge is 2.20. The number of hydrogen-bond acceptors (Lipinski definition) is 2. The van der Waals surface area contributed by atoms with Crippen LogP contribution in [-0.2, 0) is 0 Å². The molecule has 0 fully saturated rings. The Morgan fingerprint density at radius 1 is 0.346 bits per heavy atom. The summed E-state index contributed by atoms with van der Waals surface area (Å²) in [6.45, 7) is 0. The van der Waals surface area contributed by atoms with Crippen LogP contribution in [0.15, 0.2) is 200 Å². The molecule has 0 saturated heterocycles. The van der Waals surface area contributed by atoms with Gasteiger partial charge < -0.3 is 4.90 Å². The highest BCUT2D eigenvalue weighted by Crippen LogP contribution is 2.45. The summed E-state index contributed by atoms with van der Waals surface area (Å²) in [7, 11) is 0. The van der Waals surface area contributed by atoms with Crippen LogP contribution in [0.5, 0.6) is 0 Å². The van der Waals surface area contributed by atoms with E-state index in [1.54, 1.807) is 0 Å². The smallest absolute Gasteiger partial charge is 0.0540 e. The van der Waals surface area contributed by atoms with Crippen molar-refractivity contribution < 1.29 is 0 Å². The molecule has 2 heteroatoms. The molecule has 1 aromatic heterocycles. The van der Waals surface area contributed by atoms with Crippen molar-refractivity contribution in [1.29, 1.82) is 0 Å². The molecule has 9 aromatic carbocycles. The van der Waals surface area contributed by atoms with Gasteiger partial charge in [-0.3, -0.25) is 0 Å². The molecular formula is C50H33NS. The Morgan fingerprint density at radius 3 is 1.79 bits per heavy atom. The maximum atomic E-state index is 2.40. The normalized spacial score (nSPS) is 11.5. The highest BCUT2D eigenvalue weighted by atomic mass is 32.1. The number of nitrogens with zero attached hydrogens (tertiary/aromatic N) is 1. The van der Waals surface area contributed by atoms with Crippen LogP contribution < -0.4 is 4.90 Å². The van der Waals surface area contributed by atoms with Crippen molar-refractivity contribution in [2.75, 3.05) is 4.90 Å². The molecule has 0 aliphatic rings. The third kappa shape index (κ3) is 5.16. The zero-order valence-electron chi connectivity index (χ0n) is 28.4. The first-order chi connectivity index (χ1) is 25.8. The molecule has 0 amide bonds. The average Bonchev–Trinajstić information content (AvgIpc) is 3.61. The molecule has 1 nitrogen and oxygen atoms in total. The molecule has 10 rings (SSSR count). The molecule has 52 heavy (non-hydrogen) atoms. The molecule has 0 atom stereocenters. The molecule has 0 N–H and O–H groups in total. The van der Waals surface area contributed by atoms with Gasteiger partial charge in [0, 0.05) is 37.1 Å². The summed E-state index contributed by atoms with van der Waals surface area (Å²) in [5.41, 5.74) is 10.6. The minimum absolute atomic E-state index is 1.11. The quantitative estimate of drug-likeness (QED) is 0.158. The largest absolute Gasteiger partial charge is 0.310 e. The Balaban J connectivity index is 1.15. The molecule has 1 heterocycles. The predicted octanol–water partition coefficient (Wildman–Crippen LogP) is 14.8. The lowest BCUT2D eigenvalue weighted by molar-refractivity contribution is 1.28. The minimum Gasteiger partial charge on any atom is -0.310 e. The monoisotopic (exact) mass is 679 g/mol. The van der Waals surface area contributed by atoms with Gasteiger partial charge in [-0.15, -0.1) is 11.3 Å². The van der Waals surface area contributed by atoms with E-state index in [-0.39, 0.29) is 0 Å². The average molecular weight is 680 g/mol. The molecule has 0 bridgehead atoms. The molecule has 244 valence electrons. The van der Waals surface area contributed by atoms with Gasteiger partial charge in [0.05, 0.1) is 5.69 Å². The lowest BCUT2D eigenvalue weighted by Crippen LogP contribution is -2.11. The molecule has 0 saturated carbocycles. The Kier molecular flexibility index (Phi) is 7.41. The lowest BCUT2D eigenvalue weighted by atomic mass is 9.91. The molecule has 0 unspecified atom stereocenters. The van der Waals surface area contributed by atoms with Crippen molar-refractivity contribution in [2.24, 2.45) is 0 Å². The maximum Gasteiger partial charge on any atom is 0.0540 e. The van der Waals surface area contributed by atoms with Crippen molar-refractivity contribution in [3.05, 3.63) is 200 Å². The van der Waals surface area contributed by atoms with Crippen LogP contribution in [0.25, 0.3) is 75.1 Å². The van der Waals surface area contributed by atoms with E-state index in [1.807, 2.05) is 11.3 Å². The first kappa shape index (κ1) is 30.4. The fourth-order valence-corrected chi connectivity index (χ4v) is 9.05. The van der Waals surface area contributed by atoms with E-state index in [0.717, 1.165) is 17.1 Å². The van der Waals surface area contributed by atoms with E-state index in [9.17, 15) is 0 Å². The fraction of sp³-hybridized carbons (Fsp3) is 0. The van der Waals surface area contributed by atoms with Crippen LogP contribution in [0.2, 0.25) is 0 Å². The van der Waals surface area contributed by atoms with Crippen molar-refractivity contribution in [2.45, 2.75) is 0 Å². The van der Waals surface area contributed by atoms with Crippen LogP contribution in [0.3, 0.4) is 0 Å². The van der Waals surface area contributed by atoms with Gasteiger partial charge in [-0.2, -0.15) is 0 Å². The number of thiophene rings is 1. The topological polar surface area (TPSA) is 3.24 Å². The molecule has 0 aliphatic carbocycles. The van der Waals surface area contributed by atoms with Crippen LogP contribution in [0, 0.1) is 0 Å². The van der Waals surface area contributed by atoms with E-state index < -0.39 is 0 Å². The molecule has 0 spiro atoms. The fourth-order valence-electron chi connectivity index (χ4n) is 7.82. The van der Waals surface area contributed by atoms with Gasteiger partial charge in [-0.05, 0) is 91.8 Å². The van der Waals surface area contributed by atoms with E-state index >= 15 is 0 Å². The number of para-hydroxylation sites is 1. The summed E-state index contributed by atoms with van der Waals surface area (Å²) < 4.78 is 2.66. The van der Waals surface area contributed by atoms with Crippen LogP contribution >= 0.6 is 11.3 Å². The number of anilines is 3. The Bertz CT molecular complexity index is 2890. The second-order valence-electron chi connectivity index (χ2n) is 13.3. The van der Waals surface area contributed by atoms with Gasteiger partial charge in [-0.25, -0.2) is 0 Å². The van der Waals surface area contributed by atoms with Gasteiger partial charge in [0.25, 0.3) is 0 Å². The summed E-state index contributed by atoms with van der Waals surface area (Å²) in [5.74, 6) is 0.